The first-order valence-corrected chi connectivity index (χ1v) is 6.49. The molecule has 0 radical (unpaired) electrons. The molecule has 0 aliphatic heterocycles. The highest BCUT2D eigenvalue weighted by Gasteiger charge is 2.16. The van der Waals surface area contributed by atoms with E-state index in [1.807, 2.05) is 26.0 Å². The first kappa shape index (κ1) is 15.3. The molecule has 0 bridgehead atoms. The van der Waals surface area contributed by atoms with Gasteiger partial charge >= 0.3 is 5.97 Å². The van der Waals surface area contributed by atoms with Gasteiger partial charge in [0.05, 0.1) is 6.61 Å². The summed E-state index contributed by atoms with van der Waals surface area (Å²) in [5.74, 6) is 0.508. The van der Waals surface area contributed by atoms with Gasteiger partial charge in [-0.05, 0) is 37.2 Å². The molecule has 0 aromatic heterocycles. The Morgan fingerprint density at radius 3 is 2.26 bits per heavy atom. The number of benzene rings is 1. The van der Waals surface area contributed by atoms with E-state index in [2.05, 4.69) is 5.32 Å². The molecule has 0 fully saturated rings. The van der Waals surface area contributed by atoms with E-state index in [1.165, 1.54) is 0 Å². The summed E-state index contributed by atoms with van der Waals surface area (Å²) in [6.07, 6.45) is 0.960. The standard InChI is InChI=1S/C14H21NO4/c1-3-9-18-11-5-7-12(8-6-11)19-10-13(14(16)17)15-4-2/h5-8,13,15H,3-4,9-10H2,1-2H3,(H,16,17). The van der Waals surface area contributed by atoms with Crippen LogP contribution in [0.15, 0.2) is 24.3 Å². The zero-order valence-corrected chi connectivity index (χ0v) is 11.4. The fourth-order valence-corrected chi connectivity index (χ4v) is 1.50. The first-order chi connectivity index (χ1) is 9.17. The van der Waals surface area contributed by atoms with Crippen LogP contribution < -0.4 is 14.8 Å². The third kappa shape index (κ3) is 5.61. The average molecular weight is 267 g/mol. The second-order valence-electron chi connectivity index (χ2n) is 4.08. The van der Waals surface area contributed by atoms with Crippen LogP contribution >= 0.6 is 0 Å². The van der Waals surface area contributed by atoms with Crippen LogP contribution in [0.3, 0.4) is 0 Å². The summed E-state index contributed by atoms with van der Waals surface area (Å²) in [7, 11) is 0. The molecule has 0 aliphatic carbocycles. The molecule has 106 valence electrons. The number of carboxylic acid groups (broad SMARTS) is 1. The SMILES string of the molecule is CCCOc1ccc(OCC(NCC)C(=O)O)cc1. The van der Waals surface area contributed by atoms with Gasteiger partial charge in [-0.25, -0.2) is 0 Å². The van der Waals surface area contributed by atoms with Gasteiger partial charge in [-0.1, -0.05) is 13.8 Å². The zero-order valence-electron chi connectivity index (χ0n) is 11.4. The highest BCUT2D eigenvalue weighted by molar-refractivity contribution is 5.73. The second-order valence-corrected chi connectivity index (χ2v) is 4.08. The van der Waals surface area contributed by atoms with Crippen molar-refractivity contribution >= 4 is 5.97 Å². The van der Waals surface area contributed by atoms with Crippen LogP contribution in [0.5, 0.6) is 11.5 Å². The quantitative estimate of drug-likeness (QED) is 0.715. The van der Waals surface area contributed by atoms with Crippen molar-refractivity contribution in [3.8, 4) is 11.5 Å². The van der Waals surface area contributed by atoms with Crippen LogP contribution in [0.25, 0.3) is 0 Å². The largest absolute Gasteiger partial charge is 0.494 e. The van der Waals surface area contributed by atoms with Crippen molar-refractivity contribution in [3.63, 3.8) is 0 Å². The van der Waals surface area contributed by atoms with Crippen LogP contribution in [-0.4, -0.2) is 36.9 Å². The van der Waals surface area contributed by atoms with E-state index in [-0.39, 0.29) is 6.61 Å². The summed E-state index contributed by atoms with van der Waals surface area (Å²) in [6, 6.07) is 6.48. The maximum atomic E-state index is 10.9. The first-order valence-electron chi connectivity index (χ1n) is 6.49. The molecule has 2 N–H and O–H groups in total. The van der Waals surface area contributed by atoms with Gasteiger partial charge in [-0.15, -0.1) is 0 Å². The van der Waals surface area contributed by atoms with Gasteiger partial charge < -0.3 is 19.9 Å². The topological polar surface area (TPSA) is 67.8 Å². The smallest absolute Gasteiger partial charge is 0.324 e. The zero-order chi connectivity index (χ0) is 14.1. The molecule has 0 amide bonds. The van der Waals surface area contributed by atoms with Crippen LogP contribution in [0.1, 0.15) is 20.3 Å². The summed E-state index contributed by atoms with van der Waals surface area (Å²) >= 11 is 0. The lowest BCUT2D eigenvalue weighted by Gasteiger charge is -2.14. The lowest BCUT2D eigenvalue weighted by atomic mass is 10.3. The van der Waals surface area contributed by atoms with Crippen molar-refractivity contribution in [2.24, 2.45) is 0 Å². The van der Waals surface area contributed by atoms with Gasteiger partial charge in [0, 0.05) is 0 Å². The van der Waals surface area contributed by atoms with E-state index in [4.69, 9.17) is 14.6 Å². The van der Waals surface area contributed by atoms with Crippen molar-refractivity contribution in [2.45, 2.75) is 26.3 Å². The van der Waals surface area contributed by atoms with Crippen LogP contribution in [0.2, 0.25) is 0 Å². The highest BCUT2D eigenvalue weighted by atomic mass is 16.5. The molecule has 0 spiro atoms. The van der Waals surface area contributed by atoms with Gasteiger partial charge in [0.1, 0.15) is 24.1 Å². The van der Waals surface area contributed by atoms with Gasteiger partial charge in [0.15, 0.2) is 0 Å². The van der Waals surface area contributed by atoms with Crippen molar-refractivity contribution in [1.82, 2.24) is 5.32 Å². The molecule has 0 saturated carbocycles. The fraction of sp³-hybridized carbons (Fsp3) is 0.500. The Labute approximate surface area is 113 Å². The minimum atomic E-state index is -0.912. The molecule has 19 heavy (non-hydrogen) atoms. The predicted molar refractivity (Wildman–Crippen MR) is 72.8 cm³/mol. The van der Waals surface area contributed by atoms with Crippen molar-refractivity contribution < 1.29 is 19.4 Å². The minimum Gasteiger partial charge on any atom is -0.494 e. The fourth-order valence-electron chi connectivity index (χ4n) is 1.50. The third-order valence-electron chi connectivity index (χ3n) is 2.46. The maximum absolute atomic E-state index is 10.9. The van der Waals surface area contributed by atoms with E-state index < -0.39 is 12.0 Å². The number of aliphatic carboxylic acids is 1. The Hall–Kier alpha value is -1.75. The number of ether oxygens (including phenoxy) is 2. The molecule has 1 atom stereocenters. The molecule has 0 heterocycles. The molecule has 1 aromatic rings. The lowest BCUT2D eigenvalue weighted by Crippen LogP contribution is -2.41. The number of nitrogens with one attached hydrogen (secondary N) is 1. The number of carboxylic acids is 1. The molecule has 0 aliphatic rings. The number of rotatable bonds is 9. The number of likely N-dealkylation sites (N-methyl/N-ethyl adjacent to an activating group) is 1. The van der Waals surface area contributed by atoms with E-state index in [0.29, 0.717) is 18.9 Å². The van der Waals surface area contributed by atoms with Crippen LogP contribution in [0, 0.1) is 0 Å². The Morgan fingerprint density at radius 2 is 1.79 bits per heavy atom. The number of carbonyl (C=O) groups is 1. The Balaban J connectivity index is 2.46. The van der Waals surface area contributed by atoms with Gasteiger partial charge in [-0.2, -0.15) is 0 Å². The summed E-state index contributed by atoms with van der Waals surface area (Å²) in [4.78, 5) is 10.9. The van der Waals surface area contributed by atoms with E-state index in [9.17, 15) is 4.79 Å². The molecule has 1 unspecified atom stereocenters. The number of hydrogen-bond donors (Lipinski definition) is 2. The summed E-state index contributed by atoms with van der Waals surface area (Å²) < 4.78 is 10.9. The third-order valence-corrected chi connectivity index (χ3v) is 2.46. The average Bonchev–Trinajstić information content (AvgIpc) is 2.42. The monoisotopic (exact) mass is 267 g/mol. The molecule has 1 aromatic carbocycles. The molecule has 5 nitrogen and oxygen atoms in total. The Morgan fingerprint density at radius 1 is 1.21 bits per heavy atom. The maximum Gasteiger partial charge on any atom is 0.324 e. The van der Waals surface area contributed by atoms with E-state index in [0.717, 1.165) is 12.2 Å². The molecular formula is C14H21NO4. The Kier molecular flexibility index (Phi) is 6.74. The molecule has 1 rings (SSSR count). The van der Waals surface area contributed by atoms with Gasteiger partial charge in [0.25, 0.3) is 0 Å². The second kappa shape index (κ2) is 8.37. The van der Waals surface area contributed by atoms with Crippen molar-refractivity contribution in [1.29, 1.82) is 0 Å². The summed E-state index contributed by atoms with van der Waals surface area (Å²) in [6.45, 7) is 5.27. The summed E-state index contributed by atoms with van der Waals surface area (Å²) in [5, 5.41) is 11.8. The van der Waals surface area contributed by atoms with E-state index >= 15 is 0 Å². The Bertz CT molecular complexity index is 378. The lowest BCUT2D eigenvalue weighted by molar-refractivity contribution is -0.140. The van der Waals surface area contributed by atoms with Gasteiger partial charge in [-0.3, -0.25) is 4.79 Å². The molecule has 0 saturated heterocycles. The van der Waals surface area contributed by atoms with Crippen molar-refractivity contribution in [3.05, 3.63) is 24.3 Å². The van der Waals surface area contributed by atoms with Crippen molar-refractivity contribution in [2.75, 3.05) is 19.8 Å². The van der Waals surface area contributed by atoms with Gasteiger partial charge in [0.2, 0.25) is 0 Å². The predicted octanol–water partition coefficient (Wildman–Crippen LogP) is 1.92. The van der Waals surface area contributed by atoms with Crippen LogP contribution in [0.4, 0.5) is 0 Å². The normalized spacial score (nSPS) is 11.9. The number of hydrogen-bond acceptors (Lipinski definition) is 4. The summed E-state index contributed by atoms with van der Waals surface area (Å²) in [5.41, 5.74) is 0. The molecule has 5 heteroatoms. The molecular weight excluding hydrogens is 246 g/mol. The minimum absolute atomic E-state index is 0.0956. The van der Waals surface area contributed by atoms with Crippen LogP contribution in [-0.2, 0) is 4.79 Å². The highest BCUT2D eigenvalue weighted by Crippen LogP contribution is 2.17. The van der Waals surface area contributed by atoms with E-state index in [1.54, 1.807) is 12.1 Å².